The van der Waals surface area contributed by atoms with Crippen molar-refractivity contribution in [3.05, 3.63) is 40.0 Å². The molecule has 1 aromatic carbocycles. The summed E-state index contributed by atoms with van der Waals surface area (Å²) in [5.41, 5.74) is 6.99. The Labute approximate surface area is 81.3 Å². The molecular formula is C13H18. The van der Waals surface area contributed by atoms with Gasteiger partial charge in [-0.3, -0.25) is 0 Å². The van der Waals surface area contributed by atoms with Crippen molar-refractivity contribution >= 4 is 6.08 Å². The van der Waals surface area contributed by atoms with Gasteiger partial charge in [-0.1, -0.05) is 18.2 Å². The Morgan fingerprint density at radius 3 is 2.08 bits per heavy atom. The van der Waals surface area contributed by atoms with Gasteiger partial charge in [0.1, 0.15) is 0 Å². The van der Waals surface area contributed by atoms with Crippen molar-refractivity contribution < 1.29 is 0 Å². The van der Waals surface area contributed by atoms with Gasteiger partial charge in [0.2, 0.25) is 0 Å². The molecule has 13 heavy (non-hydrogen) atoms. The normalized spacial score (nSPS) is 11.2. The predicted octanol–water partition coefficient (Wildman–Crippen LogP) is 3.95. The van der Waals surface area contributed by atoms with E-state index in [0.717, 1.165) is 0 Å². The number of hydrogen-bond donors (Lipinski definition) is 0. The molecule has 0 heteroatoms. The molecule has 0 bridgehead atoms. The Hall–Kier alpha value is -1.04. The summed E-state index contributed by atoms with van der Waals surface area (Å²) in [6.07, 6.45) is 4.27. The van der Waals surface area contributed by atoms with Crippen LogP contribution in [0.1, 0.15) is 34.7 Å². The van der Waals surface area contributed by atoms with E-state index in [1.807, 2.05) is 0 Å². The van der Waals surface area contributed by atoms with Crippen LogP contribution in [-0.2, 0) is 0 Å². The summed E-state index contributed by atoms with van der Waals surface area (Å²) in [5, 5.41) is 0. The second-order valence-corrected chi connectivity index (χ2v) is 3.66. The van der Waals surface area contributed by atoms with Crippen molar-refractivity contribution in [1.29, 1.82) is 0 Å². The minimum atomic E-state index is 1.35. The molecule has 0 unspecified atom stereocenters. The largest absolute Gasteiger partial charge is 0.0871 e. The van der Waals surface area contributed by atoms with Gasteiger partial charge in [-0.15, -0.1) is 0 Å². The maximum atomic E-state index is 2.26. The molecule has 0 aromatic heterocycles. The van der Waals surface area contributed by atoms with Crippen LogP contribution in [0.3, 0.4) is 0 Å². The van der Waals surface area contributed by atoms with Crippen molar-refractivity contribution in [2.45, 2.75) is 34.6 Å². The van der Waals surface area contributed by atoms with Gasteiger partial charge in [0.25, 0.3) is 0 Å². The molecule has 0 saturated heterocycles. The maximum absolute atomic E-state index is 2.26. The summed E-state index contributed by atoms with van der Waals surface area (Å²) in [6.45, 7) is 10.8. The van der Waals surface area contributed by atoms with Gasteiger partial charge in [-0.2, -0.15) is 0 Å². The molecule has 0 saturated carbocycles. The van der Waals surface area contributed by atoms with Gasteiger partial charge >= 0.3 is 0 Å². The summed E-state index contributed by atoms with van der Waals surface area (Å²) in [7, 11) is 0. The number of aryl methyl sites for hydroxylation is 1. The minimum Gasteiger partial charge on any atom is -0.0871 e. The molecule has 0 N–H and O–H groups in total. The van der Waals surface area contributed by atoms with Gasteiger partial charge < -0.3 is 0 Å². The van der Waals surface area contributed by atoms with Crippen molar-refractivity contribution in [3.8, 4) is 0 Å². The SMILES string of the molecule is CC=Cc1cc(C)c(C)c(C)c1C. The minimum absolute atomic E-state index is 1.35. The molecule has 0 fully saturated rings. The fourth-order valence-corrected chi connectivity index (χ4v) is 1.60. The van der Waals surface area contributed by atoms with Crippen LogP contribution in [-0.4, -0.2) is 0 Å². The van der Waals surface area contributed by atoms with Gasteiger partial charge in [-0.05, 0) is 62.4 Å². The van der Waals surface area contributed by atoms with Crippen LogP contribution in [0.5, 0.6) is 0 Å². The lowest BCUT2D eigenvalue weighted by atomic mass is 9.94. The molecule has 1 rings (SSSR count). The van der Waals surface area contributed by atoms with E-state index in [9.17, 15) is 0 Å². The third kappa shape index (κ3) is 1.82. The van der Waals surface area contributed by atoms with Gasteiger partial charge in [0.05, 0.1) is 0 Å². The number of hydrogen-bond acceptors (Lipinski definition) is 0. The zero-order chi connectivity index (χ0) is 10.0. The van der Waals surface area contributed by atoms with Crippen LogP contribution in [0.25, 0.3) is 6.08 Å². The molecule has 0 aliphatic carbocycles. The lowest BCUT2D eigenvalue weighted by molar-refractivity contribution is 1.21. The average molecular weight is 174 g/mol. The highest BCUT2D eigenvalue weighted by Gasteiger charge is 2.03. The second-order valence-electron chi connectivity index (χ2n) is 3.66. The number of allylic oxidation sites excluding steroid dienone is 1. The van der Waals surface area contributed by atoms with E-state index in [1.54, 1.807) is 0 Å². The molecule has 0 nitrogen and oxygen atoms in total. The van der Waals surface area contributed by atoms with Crippen LogP contribution in [0.2, 0.25) is 0 Å². The van der Waals surface area contributed by atoms with Crippen LogP contribution in [0.4, 0.5) is 0 Å². The van der Waals surface area contributed by atoms with E-state index in [1.165, 1.54) is 27.8 Å². The predicted molar refractivity (Wildman–Crippen MR) is 60.1 cm³/mol. The van der Waals surface area contributed by atoms with E-state index >= 15 is 0 Å². The molecular weight excluding hydrogens is 156 g/mol. The monoisotopic (exact) mass is 174 g/mol. The van der Waals surface area contributed by atoms with Crippen molar-refractivity contribution in [2.75, 3.05) is 0 Å². The Balaban J connectivity index is 3.40. The second kappa shape index (κ2) is 3.78. The van der Waals surface area contributed by atoms with Gasteiger partial charge in [0, 0.05) is 0 Å². The molecule has 0 aliphatic heterocycles. The van der Waals surface area contributed by atoms with E-state index in [0.29, 0.717) is 0 Å². The summed E-state index contributed by atoms with van der Waals surface area (Å²) in [4.78, 5) is 0. The summed E-state index contributed by atoms with van der Waals surface area (Å²) in [6, 6.07) is 2.26. The molecule has 0 spiro atoms. The van der Waals surface area contributed by atoms with Crippen LogP contribution in [0.15, 0.2) is 12.1 Å². The molecule has 0 aliphatic rings. The maximum Gasteiger partial charge on any atom is -0.0225 e. The molecule has 0 atom stereocenters. The quantitative estimate of drug-likeness (QED) is 0.604. The van der Waals surface area contributed by atoms with E-state index in [4.69, 9.17) is 0 Å². The third-order valence-electron chi connectivity index (χ3n) is 2.87. The van der Waals surface area contributed by atoms with Crippen LogP contribution in [0, 0.1) is 27.7 Å². The van der Waals surface area contributed by atoms with Crippen LogP contribution >= 0.6 is 0 Å². The standard InChI is InChI=1S/C13H18/c1-6-7-13-8-9(2)10(3)11(4)12(13)5/h6-8H,1-5H3. The highest BCUT2D eigenvalue weighted by atomic mass is 14.1. The fourth-order valence-electron chi connectivity index (χ4n) is 1.60. The first kappa shape index (κ1) is 10.0. The van der Waals surface area contributed by atoms with Crippen LogP contribution < -0.4 is 0 Å². The third-order valence-corrected chi connectivity index (χ3v) is 2.87. The molecule has 0 radical (unpaired) electrons. The fraction of sp³-hybridized carbons (Fsp3) is 0.385. The van der Waals surface area contributed by atoms with Gasteiger partial charge in [0.15, 0.2) is 0 Å². The molecule has 70 valence electrons. The highest BCUT2D eigenvalue weighted by Crippen LogP contribution is 2.21. The lowest BCUT2D eigenvalue weighted by Crippen LogP contribution is -1.93. The molecule has 1 aromatic rings. The summed E-state index contributed by atoms with van der Waals surface area (Å²) in [5.74, 6) is 0. The number of rotatable bonds is 1. The Morgan fingerprint density at radius 1 is 0.923 bits per heavy atom. The molecule has 0 amide bonds. The smallest absolute Gasteiger partial charge is 0.0225 e. The molecule has 0 heterocycles. The topological polar surface area (TPSA) is 0 Å². The Bertz CT molecular complexity index is 344. The average Bonchev–Trinajstić information content (AvgIpc) is 2.11. The van der Waals surface area contributed by atoms with E-state index < -0.39 is 0 Å². The first-order chi connectivity index (χ1) is 6.07. The van der Waals surface area contributed by atoms with Crippen molar-refractivity contribution in [3.63, 3.8) is 0 Å². The first-order valence-electron chi connectivity index (χ1n) is 4.78. The van der Waals surface area contributed by atoms with Crippen molar-refractivity contribution in [1.82, 2.24) is 0 Å². The van der Waals surface area contributed by atoms with Crippen molar-refractivity contribution in [2.24, 2.45) is 0 Å². The van der Waals surface area contributed by atoms with E-state index in [-0.39, 0.29) is 0 Å². The highest BCUT2D eigenvalue weighted by molar-refractivity contribution is 5.58. The zero-order valence-corrected chi connectivity index (χ0v) is 9.23. The lowest BCUT2D eigenvalue weighted by Gasteiger charge is -2.11. The van der Waals surface area contributed by atoms with Gasteiger partial charge in [-0.25, -0.2) is 0 Å². The zero-order valence-electron chi connectivity index (χ0n) is 9.23. The van der Waals surface area contributed by atoms with E-state index in [2.05, 4.69) is 52.8 Å². The summed E-state index contributed by atoms with van der Waals surface area (Å²) >= 11 is 0. The number of benzene rings is 1. The summed E-state index contributed by atoms with van der Waals surface area (Å²) < 4.78 is 0. The first-order valence-corrected chi connectivity index (χ1v) is 4.78. The Morgan fingerprint density at radius 2 is 1.54 bits per heavy atom. The Kier molecular flexibility index (Phi) is 2.92.